The van der Waals surface area contributed by atoms with Gasteiger partial charge in [0.15, 0.2) is 11.5 Å². The quantitative estimate of drug-likeness (QED) is 0.836. The number of amides is 1. The Kier molecular flexibility index (Phi) is 5.08. The topological polar surface area (TPSA) is 77.0 Å². The molecule has 1 aliphatic rings. The molecule has 1 atom stereocenters. The van der Waals surface area contributed by atoms with Gasteiger partial charge in [0.25, 0.3) is 5.91 Å². The largest absolute Gasteiger partial charge is 0.491 e. The molecule has 0 aliphatic carbocycles. The first-order valence-corrected chi connectivity index (χ1v) is 7.74. The minimum Gasteiger partial charge on any atom is -0.491 e. The molecule has 1 aliphatic heterocycles. The summed E-state index contributed by atoms with van der Waals surface area (Å²) in [4.78, 5) is 12.0. The van der Waals surface area contributed by atoms with Crippen LogP contribution >= 0.6 is 11.6 Å². The van der Waals surface area contributed by atoms with E-state index >= 15 is 0 Å². The Morgan fingerprint density at radius 3 is 2.88 bits per heavy atom. The molecular formula is C17H16ClNO5. The zero-order chi connectivity index (χ0) is 16.9. The summed E-state index contributed by atoms with van der Waals surface area (Å²) in [6, 6.07) is 11.9. The molecule has 2 aromatic carbocycles. The molecule has 6 nitrogen and oxygen atoms in total. The third-order valence-electron chi connectivity index (χ3n) is 3.40. The van der Waals surface area contributed by atoms with Crippen molar-refractivity contribution in [3.63, 3.8) is 0 Å². The van der Waals surface area contributed by atoms with Crippen molar-refractivity contribution < 1.29 is 24.1 Å². The van der Waals surface area contributed by atoms with Crippen LogP contribution < -0.4 is 19.5 Å². The van der Waals surface area contributed by atoms with Crippen molar-refractivity contribution in [3.8, 4) is 17.2 Å². The molecule has 24 heavy (non-hydrogen) atoms. The maximum atomic E-state index is 12.0. The van der Waals surface area contributed by atoms with Crippen molar-refractivity contribution in [1.82, 2.24) is 5.32 Å². The molecule has 7 heteroatoms. The van der Waals surface area contributed by atoms with Crippen LogP contribution in [0.4, 0.5) is 0 Å². The second kappa shape index (κ2) is 7.42. The number of fused-ring (bicyclic) bond motifs is 1. The van der Waals surface area contributed by atoms with E-state index in [4.69, 9.17) is 25.8 Å². The number of ether oxygens (including phenoxy) is 3. The van der Waals surface area contributed by atoms with Gasteiger partial charge in [-0.1, -0.05) is 23.7 Å². The van der Waals surface area contributed by atoms with E-state index in [1.54, 1.807) is 42.5 Å². The number of aliphatic hydroxyl groups excluding tert-OH is 1. The van der Waals surface area contributed by atoms with Crippen molar-refractivity contribution in [2.75, 3.05) is 19.9 Å². The summed E-state index contributed by atoms with van der Waals surface area (Å²) in [5.41, 5.74) is 0.364. The second-order valence-corrected chi connectivity index (χ2v) is 5.58. The lowest BCUT2D eigenvalue weighted by atomic mass is 10.2. The van der Waals surface area contributed by atoms with E-state index in [2.05, 4.69) is 5.32 Å². The summed E-state index contributed by atoms with van der Waals surface area (Å²) < 4.78 is 16.0. The standard InChI is InChI=1S/C17H16ClNO5/c18-14-4-2-1-3-13(14)17(21)19-8-11(20)9-22-12-5-6-15-16(7-12)24-10-23-15/h1-7,11,20H,8-10H2,(H,19,21)/t11-/m1/s1. The number of carbonyl (C=O) groups is 1. The summed E-state index contributed by atoms with van der Waals surface area (Å²) in [5, 5.41) is 12.9. The van der Waals surface area contributed by atoms with Crippen LogP contribution in [0.3, 0.4) is 0 Å². The number of rotatable bonds is 6. The Morgan fingerprint density at radius 2 is 2.04 bits per heavy atom. The third kappa shape index (κ3) is 3.90. The molecule has 0 radical (unpaired) electrons. The zero-order valence-corrected chi connectivity index (χ0v) is 13.5. The third-order valence-corrected chi connectivity index (χ3v) is 3.73. The number of hydrogen-bond acceptors (Lipinski definition) is 5. The highest BCUT2D eigenvalue weighted by molar-refractivity contribution is 6.33. The summed E-state index contributed by atoms with van der Waals surface area (Å²) in [6.07, 6.45) is -0.859. The van der Waals surface area contributed by atoms with Gasteiger partial charge in [-0.3, -0.25) is 4.79 Å². The van der Waals surface area contributed by atoms with Crippen molar-refractivity contribution in [2.45, 2.75) is 6.10 Å². The first kappa shape index (κ1) is 16.4. The average molecular weight is 350 g/mol. The predicted octanol–water partition coefficient (Wildman–Crippen LogP) is 2.24. The van der Waals surface area contributed by atoms with Gasteiger partial charge in [0, 0.05) is 12.6 Å². The van der Waals surface area contributed by atoms with E-state index < -0.39 is 6.10 Å². The highest BCUT2D eigenvalue weighted by Gasteiger charge is 2.15. The van der Waals surface area contributed by atoms with Gasteiger partial charge in [-0.25, -0.2) is 0 Å². The van der Waals surface area contributed by atoms with E-state index in [1.807, 2.05) is 0 Å². The van der Waals surface area contributed by atoms with Gasteiger partial charge in [-0.2, -0.15) is 0 Å². The van der Waals surface area contributed by atoms with Crippen molar-refractivity contribution in [1.29, 1.82) is 0 Å². The summed E-state index contributed by atoms with van der Waals surface area (Å²) >= 11 is 5.95. The minimum atomic E-state index is -0.859. The lowest BCUT2D eigenvalue weighted by Crippen LogP contribution is -2.35. The van der Waals surface area contributed by atoms with Crippen LogP contribution in [0.15, 0.2) is 42.5 Å². The number of benzene rings is 2. The Morgan fingerprint density at radius 1 is 1.25 bits per heavy atom. The number of aliphatic hydroxyl groups is 1. The van der Waals surface area contributed by atoms with Gasteiger partial charge < -0.3 is 24.6 Å². The van der Waals surface area contributed by atoms with Crippen LogP contribution in [0, 0.1) is 0 Å². The van der Waals surface area contributed by atoms with Crippen LogP contribution in [0.2, 0.25) is 5.02 Å². The molecule has 126 valence electrons. The molecule has 0 bridgehead atoms. The van der Waals surface area contributed by atoms with E-state index in [0.29, 0.717) is 27.8 Å². The molecule has 0 fully saturated rings. The lowest BCUT2D eigenvalue weighted by Gasteiger charge is -2.14. The van der Waals surface area contributed by atoms with Gasteiger partial charge in [0.05, 0.1) is 10.6 Å². The molecule has 1 amide bonds. The Hall–Kier alpha value is -2.44. The Balaban J connectivity index is 1.47. The number of hydrogen-bond donors (Lipinski definition) is 2. The van der Waals surface area contributed by atoms with E-state index in [9.17, 15) is 9.90 Å². The molecular weight excluding hydrogens is 334 g/mol. The average Bonchev–Trinajstić information content (AvgIpc) is 3.06. The fraction of sp³-hybridized carbons (Fsp3) is 0.235. The smallest absolute Gasteiger partial charge is 0.252 e. The highest BCUT2D eigenvalue weighted by atomic mass is 35.5. The molecule has 0 aromatic heterocycles. The van der Waals surface area contributed by atoms with Crippen LogP contribution in [0.25, 0.3) is 0 Å². The molecule has 0 saturated heterocycles. The van der Waals surface area contributed by atoms with Crippen LogP contribution in [0.1, 0.15) is 10.4 Å². The molecule has 2 aromatic rings. The minimum absolute atomic E-state index is 0.0302. The molecule has 1 heterocycles. The van der Waals surface area contributed by atoms with Crippen LogP contribution in [-0.2, 0) is 0 Å². The number of nitrogens with one attached hydrogen (secondary N) is 1. The van der Waals surface area contributed by atoms with Gasteiger partial charge in [0.1, 0.15) is 18.5 Å². The van der Waals surface area contributed by atoms with E-state index in [0.717, 1.165) is 0 Å². The lowest BCUT2D eigenvalue weighted by molar-refractivity contribution is 0.0843. The summed E-state index contributed by atoms with van der Waals surface area (Å²) in [5.74, 6) is 1.47. The van der Waals surface area contributed by atoms with Crippen LogP contribution in [-0.4, -0.2) is 37.1 Å². The second-order valence-electron chi connectivity index (χ2n) is 5.17. The SMILES string of the molecule is O=C(NC[C@@H](O)COc1ccc2c(c1)OCO2)c1ccccc1Cl. The highest BCUT2D eigenvalue weighted by Crippen LogP contribution is 2.35. The van der Waals surface area contributed by atoms with Gasteiger partial charge in [-0.15, -0.1) is 0 Å². The monoisotopic (exact) mass is 349 g/mol. The first-order valence-electron chi connectivity index (χ1n) is 7.37. The first-order chi connectivity index (χ1) is 11.6. The van der Waals surface area contributed by atoms with E-state index in [-0.39, 0.29) is 25.9 Å². The number of halogens is 1. The molecule has 3 rings (SSSR count). The number of carbonyl (C=O) groups excluding carboxylic acids is 1. The maximum Gasteiger partial charge on any atom is 0.252 e. The summed E-state index contributed by atoms with van der Waals surface area (Å²) in [7, 11) is 0. The fourth-order valence-electron chi connectivity index (χ4n) is 2.17. The van der Waals surface area contributed by atoms with Crippen molar-refractivity contribution >= 4 is 17.5 Å². The Bertz CT molecular complexity index is 737. The predicted molar refractivity (Wildman–Crippen MR) is 87.9 cm³/mol. The zero-order valence-electron chi connectivity index (χ0n) is 12.7. The Labute approximate surface area is 143 Å². The van der Waals surface area contributed by atoms with Gasteiger partial charge in [-0.05, 0) is 24.3 Å². The van der Waals surface area contributed by atoms with Crippen molar-refractivity contribution in [2.24, 2.45) is 0 Å². The van der Waals surface area contributed by atoms with E-state index in [1.165, 1.54) is 0 Å². The molecule has 0 unspecified atom stereocenters. The molecule has 2 N–H and O–H groups in total. The van der Waals surface area contributed by atoms with Gasteiger partial charge >= 0.3 is 0 Å². The normalized spacial score (nSPS) is 13.4. The van der Waals surface area contributed by atoms with Gasteiger partial charge in [0.2, 0.25) is 6.79 Å². The van der Waals surface area contributed by atoms with Crippen molar-refractivity contribution in [3.05, 3.63) is 53.1 Å². The molecule has 0 saturated carbocycles. The fourth-order valence-corrected chi connectivity index (χ4v) is 2.39. The summed E-state index contributed by atoms with van der Waals surface area (Å²) in [6.45, 7) is 0.270. The van der Waals surface area contributed by atoms with Crippen LogP contribution in [0.5, 0.6) is 17.2 Å². The molecule has 0 spiro atoms. The maximum absolute atomic E-state index is 12.0.